The molecule has 5 heteroatoms. The topological polar surface area (TPSA) is 56.2 Å². The summed E-state index contributed by atoms with van der Waals surface area (Å²) in [5.41, 5.74) is 1.03. The number of nitrogens with one attached hydrogen (secondary N) is 1. The summed E-state index contributed by atoms with van der Waals surface area (Å²) in [6.07, 6.45) is 5.70. The first-order valence-electron chi connectivity index (χ1n) is 9.25. The van der Waals surface area contributed by atoms with Gasteiger partial charge in [0.05, 0.1) is 6.33 Å². The normalized spacial score (nSPS) is 10.7. The summed E-state index contributed by atoms with van der Waals surface area (Å²) in [4.78, 5) is 15.9. The molecule has 5 nitrogen and oxygen atoms in total. The van der Waals surface area contributed by atoms with Gasteiger partial charge >= 0.3 is 0 Å². The van der Waals surface area contributed by atoms with Crippen molar-refractivity contribution in [3.8, 4) is 11.5 Å². The maximum absolute atomic E-state index is 12.0. The van der Waals surface area contributed by atoms with Crippen LogP contribution in [0.1, 0.15) is 12.0 Å². The minimum atomic E-state index is 0.0183. The number of hydrogen-bond acceptors (Lipinski definition) is 3. The molecule has 1 heterocycles. The molecule has 0 saturated heterocycles. The molecule has 3 aromatic carbocycles. The number of benzene rings is 3. The predicted octanol–water partition coefficient (Wildman–Crippen LogP) is 4.54. The number of imidazole rings is 1. The number of nitrogens with zero attached hydrogens (tertiary/aromatic N) is 2. The van der Waals surface area contributed by atoms with Crippen molar-refractivity contribution in [2.75, 3.05) is 0 Å². The Morgan fingerprint density at radius 2 is 1.82 bits per heavy atom. The molecule has 1 N–H and O–H groups in total. The van der Waals surface area contributed by atoms with Crippen LogP contribution >= 0.6 is 0 Å². The van der Waals surface area contributed by atoms with Gasteiger partial charge in [-0.25, -0.2) is 4.98 Å². The van der Waals surface area contributed by atoms with Crippen molar-refractivity contribution >= 4 is 16.7 Å². The van der Waals surface area contributed by atoms with Crippen molar-refractivity contribution in [1.29, 1.82) is 0 Å². The highest BCUT2D eigenvalue weighted by Crippen LogP contribution is 2.29. The maximum Gasteiger partial charge on any atom is 0.222 e. The van der Waals surface area contributed by atoms with Crippen molar-refractivity contribution in [2.24, 2.45) is 0 Å². The Bertz CT molecular complexity index is 1050. The number of amides is 1. The van der Waals surface area contributed by atoms with Crippen LogP contribution in [0.15, 0.2) is 85.5 Å². The zero-order chi connectivity index (χ0) is 19.2. The Balaban J connectivity index is 1.33. The fourth-order valence-electron chi connectivity index (χ4n) is 3.03. The molecule has 0 aliphatic heterocycles. The molecule has 0 atom stereocenters. The Kier molecular flexibility index (Phi) is 5.33. The molecule has 0 fully saturated rings. The lowest BCUT2D eigenvalue weighted by molar-refractivity contribution is -0.121. The second kappa shape index (κ2) is 8.39. The van der Waals surface area contributed by atoms with Gasteiger partial charge in [0.15, 0.2) is 0 Å². The van der Waals surface area contributed by atoms with E-state index in [-0.39, 0.29) is 5.91 Å². The van der Waals surface area contributed by atoms with E-state index < -0.39 is 0 Å². The molecule has 4 aromatic rings. The fourth-order valence-corrected chi connectivity index (χ4v) is 3.03. The van der Waals surface area contributed by atoms with Gasteiger partial charge in [0.25, 0.3) is 0 Å². The third-order valence-electron chi connectivity index (χ3n) is 4.55. The van der Waals surface area contributed by atoms with Crippen LogP contribution < -0.4 is 10.1 Å². The van der Waals surface area contributed by atoms with Gasteiger partial charge in [0.2, 0.25) is 5.91 Å². The quantitative estimate of drug-likeness (QED) is 0.519. The first-order chi connectivity index (χ1) is 13.8. The third-order valence-corrected chi connectivity index (χ3v) is 4.55. The van der Waals surface area contributed by atoms with E-state index in [1.165, 1.54) is 0 Å². The molecular weight excluding hydrogens is 350 g/mol. The number of aromatic nitrogens is 2. The lowest BCUT2D eigenvalue weighted by atomic mass is 10.1. The minimum absolute atomic E-state index is 0.0183. The van der Waals surface area contributed by atoms with Gasteiger partial charge in [0, 0.05) is 37.3 Å². The number of carbonyl (C=O) groups excluding carboxylic acids is 1. The smallest absolute Gasteiger partial charge is 0.222 e. The number of fused-ring (bicyclic) bond motifs is 1. The first kappa shape index (κ1) is 17.8. The van der Waals surface area contributed by atoms with E-state index >= 15 is 0 Å². The average molecular weight is 371 g/mol. The minimum Gasteiger partial charge on any atom is -0.457 e. The second-order valence-electron chi connectivity index (χ2n) is 6.55. The van der Waals surface area contributed by atoms with E-state index in [1.54, 1.807) is 12.5 Å². The highest BCUT2D eigenvalue weighted by Gasteiger charge is 2.05. The van der Waals surface area contributed by atoms with Crippen molar-refractivity contribution in [1.82, 2.24) is 14.9 Å². The molecule has 0 bridgehead atoms. The van der Waals surface area contributed by atoms with Gasteiger partial charge in [-0.3, -0.25) is 4.79 Å². The average Bonchev–Trinajstić information content (AvgIpc) is 3.26. The molecule has 4 rings (SSSR count). The third kappa shape index (κ3) is 4.38. The zero-order valence-electron chi connectivity index (χ0n) is 15.4. The monoisotopic (exact) mass is 371 g/mol. The summed E-state index contributed by atoms with van der Waals surface area (Å²) in [7, 11) is 0. The molecule has 0 unspecified atom stereocenters. The number of rotatable bonds is 7. The SMILES string of the molecule is O=C(CCn1ccnc1)NCc1ccc(Oc2cccc3ccccc23)cc1. The summed E-state index contributed by atoms with van der Waals surface area (Å²) in [5.74, 6) is 1.62. The van der Waals surface area contributed by atoms with Gasteiger partial charge < -0.3 is 14.6 Å². The van der Waals surface area contributed by atoms with Crippen LogP contribution in [0.4, 0.5) is 0 Å². The van der Waals surface area contributed by atoms with E-state index in [1.807, 2.05) is 59.3 Å². The fraction of sp³-hybridized carbons (Fsp3) is 0.130. The molecule has 1 amide bonds. The lowest BCUT2D eigenvalue weighted by Crippen LogP contribution is -2.23. The van der Waals surface area contributed by atoms with E-state index in [4.69, 9.17) is 4.74 Å². The molecule has 0 radical (unpaired) electrons. The van der Waals surface area contributed by atoms with E-state index in [0.29, 0.717) is 19.5 Å². The summed E-state index contributed by atoms with van der Waals surface area (Å²) < 4.78 is 7.94. The summed E-state index contributed by atoms with van der Waals surface area (Å²) >= 11 is 0. The predicted molar refractivity (Wildman–Crippen MR) is 109 cm³/mol. The van der Waals surface area contributed by atoms with Crippen LogP contribution in [-0.2, 0) is 17.9 Å². The summed E-state index contributed by atoms with van der Waals surface area (Å²) in [6.45, 7) is 1.13. The number of ether oxygens (including phenoxy) is 1. The highest BCUT2D eigenvalue weighted by molar-refractivity contribution is 5.88. The lowest BCUT2D eigenvalue weighted by Gasteiger charge is -2.10. The molecule has 0 aliphatic rings. The van der Waals surface area contributed by atoms with E-state index in [0.717, 1.165) is 27.8 Å². The van der Waals surface area contributed by atoms with Crippen molar-refractivity contribution < 1.29 is 9.53 Å². The van der Waals surface area contributed by atoms with Crippen molar-refractivity contribution in [3.05, 3.63) is 91.0 Å². The zero-order valence-corrected chi connectivity index (χ0v) is 15.4. The molecular formula is C23H21N3O2. The van der Waals surface area contributed by atoms with Crippen LogP contribution in [0.2, 0.25) is 0 Å². The summed E-state index contributed by atoms with van der Waals surface area (Å²) in [5, 5.41) is 5.17. The molecule has 28 heavy (non-hydrogen) atoms. The van der Waals surface area contributed by atoms with Crippen LogP contribution in [0, 0.1) is 0 Å². The molecule has 0 saturated carbocycles. The van der Waals surface area contributed by atoms with Crippen molar-refractivity contribution in [2.45, 2.75) is 19.5 Å². The number of carbonyl (C=O) groups is 1. The Hall–Kier alpha value is -3.60. The number of aryl methyl sites for hydroxylation is 1. The van der Waals surface area contributed by atoms with Gasteiger partial charge in [0.1, 0.15) is 11.5 Å². The standard InChI is InChI=1S/C23H21N3O2/c27-23(12-14-26-15-13-24-17-26)25-16-18-8-10-20(11-9-18)28-22-7-3-5-19-4-1-2-6-21(19)22/h1-11,13,15,17H,12,14,16H2,(H,25,27). The Labute approximate surface area is 163 Å². The van der Waals surface area contributed by atoms with Gasteiger partial charge in [-0.2, -0.15) is 0 Å². The Morgan fingerprint density at radius 3 is 2.64 bits per heavy atom. The molecule has 1 aromatic heterocycles. The highest BCUT2D eigenvalue weighted by atomic mass is 16.5. The van der Waals surface area contributed by atoms with Gasteiger partial charge in [-0.05, 0) is 29.1 Å². The number of hydrogen-bond donors (Lipinski definition) is 1. The largest absolute Gasteiger partial charge is 0.457 e. The van der Waals surface area contributed by atoms with Crippen molar-refractivity contribution in [3.63, 3.8) is 0 Å². The van der Waals surface area contributed by atoms with Gasteiger partial charge in [-0.15, -0.1) is 0 Å². The van der Waals surface area contributed by atoms with Gasteiger partial charge in [-0.1, -0.05) is 48.5 Å². The molecule has 0 aliphatic carbocycles. The summed E-state index contributed by atoms with van der Waals surface area (Å²) in [6, 6.07) is 22.0. The molecule has 140 valence electrons. The van der Waals surface area contributed by atoms with Crippen LogP contribution in [0.5, 0.6) is 11.5 Å². The second-order valence-corrected chi connectivity index (χ2v) is 6.55. The molecule has 0 spiro atoms. The first-order valence-corrected chi connectivity index (χ1v) is 9.25. The Morgan fingerprint density at radius 1 is 1.00 bits per heavy atom. The van der Waals surface area contributed by atoms with E-state index in [2.05, 4.69) is 28.5 Å². The van der Waals surface area contributed by atoms with Crippen LogP contribution in [0.25, 0.3) is 10.8 Å². The maximum atomic E-state index is 12.0. The van der Waals surface area contributed by atoms with E-state index in [9.17, 15) is 4.79 Å². The van der Waals surface area contributed by atoms with Crippen LogP contribution in [-0.4, -0.2) is 15.5 Å². The van der Waals surface area contributed by atoms with Crippen LogP contribution in [0.3, 0.4) is 0 Å².